The molecule has 0 fully saturated rings. The van der Waals surface area contributed by atoms with Crippen LogP contribution in [0.3, 0.4) is 0 Å². The van der Waals surface area contributed by atoms with E-state index in [4.69, 9.17) is 9.15 Å². The third kappa shape index (κ3) is 5.15. The first-order valence-corrected chi connectivity index (χ1v) is 7.27. The second kappa shape index (κ2) is 7.73. The Morgan fingerprint density at radius 1 is 1.24 bits per heavy atom. The van der Waals surface area contributed by atoms with Crippen molar-refractivity contribution in [3.8, 4) is 5.75 Å². The van der Waals surface area contributed by atoms with Crippen LogP contribution in [0, 0.1) is 5.92 Å². The maximum atomic E-state index is 5.57. The van der Waals surface area contributed by atoms with Gasteiger partial charge in [0.25, 0.3) is 5.89 Å². The highest BCUT2D eigenvalue weighted by atomic mass is 16.5. The van der Waals surface area contributed by atoms with Crippen molar-refractivity contribution < 1.29 is 9.15 Å². The monoisotopic (exact) mass is 290 g/mol. The van der Waals surface area contributed by atoms with Crippen molar-refractivity contribution in [1.29, 1.82) is 0 Å². The summed E-state index contributed by atoms with van der Waals surface area (Å²) in [7, 11) is 0. The molecule has 2 aromatic rings. The van der Waals surface area contributed by atoms with Crippen molar-refractivity contribution in [3.05, 3.63) is 35.8 Å². The number of pyridine rings is 1. The van der Waals surface area contributed by atoms with Gasteiger partial charge in [-0.2, -0.15) is 0 Å². The lowest BCUT2D eigenvalue weighted by molar-refractivity contribution is 0.258. The van der Waals surface area contributed by atoms with E-state index in [9.17, 15) is 0 Å². The van der Waals surface area contributed by atoms with Gasteiger partial charge in [-0.25, -0.2) is 0 Å². The van der Waals surface area contributed by atoms with Gasteiger partial charge in [0.1, 0.15) is 5.75 Å². The smallest absolute Gasteiger partial charge is 0.253 e. The van der Waals surface area contributed by atoms with Crippen molar-refractivity contribution in [2.75, 3.05) is 6.54 Å². The first-order chi connectivity index (χ1) is 10.2. The molecule has 6 nitrogen and oxygen atoms in total. The van der Waals surface area contributed by atoms with Gasteiger partial charge in [-0.15, -0.1) is 10.2 Å². The SMILES string of the molecule is CCc1nnc(COc2ccc(CNCC(C)C)nc2)o1. The van der Waals surface area contributed by atoms with Gasteiger partial charge in [-0.3, -0.25) is 4.98 Å². The molecule has 0 aliphatic rings. The van der Waals surface area contributed by atoms with E-state index in [2.05, 4.69) is 34.3 Å². The number of nitrogens with one attached hydrogen (secondary N) is 1. The molecule has 0 atom stereocenters. The Morgan fingerprint density at radius 2 is 2.05 bits per heavy atom. The molecule has 21 heavy (non-hydrogen) atoms. The number of nitrogens with zero attached hydrogens (tertiary/aromatic N) is 3. The van der Waals surface area contributed by atoms with Crippen LogP contribution in [0.25, 0.3) is 0 Å². The van der Waals surface area contributed by atoms with Crippen molar-refractivity contribution in [3.63, 3.8) is 0 Å². The van der Waals surface area contributed by atoms with E-state index in [1.165, 1.54) is 0 Å². The first-order valence-electron chi connectivity index (χ1n) is 7.27. The number of hydrogen-bond donors (Lipinski definition) is 1. The number of hydrogen-bond acceptors (Lipinski definition) is 6. The molecule has 114 valence electrons. The molecule has 2 aromatic heterocycles. The third-order valence-corrected chi connectivity index (χ3v) is 2.83. The van der Waals surface area contributed by atoms with Crippen LogP contribution in [0.1, 0.15) is 38.2 Å². The van der Waals surface area contributed by atoms with Gasteiger partial charge in [-0.05, 0) is 24.6 Å². The molecule has 0 bridgehead atoms. The van der Waals surface area contributed by atoms with E-state index in [-0.39, 0.29) is 6.61 Å². The molecule has 0 radical (unpaired) electrons. The summed E-state index contributed by atoms with van der Waals surface area (Å²) in [5.74, 6) is 2.43. The van der Waals surface area contributed by atoms with Gasteiger partial charge >= 0.3 is 0 Å². The van der Waals surface area contributed by atoms with E-state index < -0.39 is 0 Å². The number of ether oxygens (including phenoxy) is 1. The van der Waals surface area contributed by atoms with Gasteiger partial charge in [0.2, 0.25) is 5.89 Å². The molecule has 0 amide bonds. The fraction of sp³-hybridized carbons (Fsp3) is 0.533. The summed E-state index contributed by atoms with van der Waals surface area (Å²) in [4.78, 5) is 4.36. The normalized spacial score (nSPS) is 11.0. The molecule has 0 aliphatic carbocycles. The minimum absolute atomic E-state index is 0.264. The average Bonchev–Trinajstić information content (AvgIpc) is 2.94. The standard InChI is InChI=1S/C15H22N4O2/c1-4-14-18-19-15(21-14)10-20-13-6-5-12(17-9-13)8-16-7-11(2)3/h5-6,9,11,16H,4,7-8,10H2,1-3H3. The number of rotatable bonds is 8. The summed E-state index contributed by atoms with van der Waals surface area (Å²) in [6.07, 6.45) is 2.44. The van der Waals surface area contributed by atoms with E-state index in [0.29, 0.717) is 23.4 Å². The van der Waals surface area contributed by atoms with Crippen LogP contribution < -0.4 is 10.1 Å². The van der Waals surface area contributed by atoms with Gasteiger partial charge in [0, 0.05) is 13.0 Å². The molecule has 0 saturated carbocycles. The summed E-state index contributed by atoms with van der Waals surface area (Å²) in [5, 5.41) is 11.1. The van der Waals surface area contributed by atoms with Crippen LogP contribution in [-0.2, 0) is 19.6 Å². The molecule has 2 heterocycles. The lowest BCUT2D eigenvalue weighted by Gasteiger charge is -2.07. The maximum absolute atomic E-state index is 5.57. The second-order valence-electron chi connectivity index (χ2n) is 5.24. The molecule has 0 aliphatic heterocycles. The van der Waals surface area contributed by atoms with Gasteiger partial charge in [-0.1, -0.05) is 20.8 Å². The van der Waals surface area contributed by atoms with Crippen LogP contribution in [0.4, 0.5) is 0 Å². The first kappa shape index (κ1) is 15.4. The average molecular weight is 290 g/mol. The highest BCUT2D eigenvalue weighted by Gasteiger charge is 2.05. The summed E-state index contributed by atoms with van der Waals surface area (Å²) in [6.45, 7) is 8.34. The van der Waals surface area contributed by atoms with Crippen molar-refractivity contribution in [2.45, 2.75) is 40.3 Å². The lowest BCUT2D eigenvalue weighted by atomic mass is 10.2. The summed E-state index contributed by atoms with van der Waals surface area (Å²) in [5.41, 5.74) is 0.994. The second-order valence-corrected chi connectivity index (χ2v) is 5.24. The Bertz CT molecular complexity index is 537. The summed E-state index contributed by atoms with van der Waals surface area (Å²) < 4.78 is 10.9. The summed E-state index contributed by atoms with van der Waals surface area (Å²) in [6, 6.07) is 3.85. The topological polar surface area (TPSA) is 73.1 Å². The summed E-state index contributed by atoms with van der Waals surface area (Å²) >= 11 is 0. The molecule has 1 N–H and O–H groups in total. The highest BCUT2D eigenvalue weighted by Crippen LogP contribution is 2.11. The molecule has 0 saturated heterocycles. The fourth-order valence-corrected chi connectivity index (χ4v) is 1.72. The third-order valence-electron chi connectivity index (χ3n) is 2.83. The Kier molecular flexibility index (Phi) is 5.68. The molecule has 6 heteroatoms. The zero-order valence-electron chi connectivity index (χ0n) is 12.8. The predicted molar refractivity (Wildman–Crippen MR) is 78.8 cm³/mol. The quantitative estimate of drug-likeness (QED) is 0.804. The molecule has 0 aromatic carbocycles. The van der Waals surface area contributed by atoms with Gasteiger partial charge in [0.05, 0.1) is 11.9 Å². The Labute approximate surface area is 124 Å². The molecular weight excluding hydrogens is 268 g/mol. The Balaban J connectivity index is 1.79. The lowest BCUT2D eigenvalue weighted by Crippen LogP contribution is -2.19. The zero-order valence-corrected chi connectivity index (χ0v) is 12.8. The Morgan fingerprint density at radius 3 is 2.67 bits per heavy atom. The van der Waals surface area contributed by atoms with E-state index in [0.717, 1.165) is 25.2 Å². The minimum Gasteiger partial charge on any atom is -0.482 e. The van der Waals surface area contributed by atoms with Crippen LogP contribution in [-0.4, -0.2) is 21.7 Å². The largest absolute Gasteiger partial charge is 0.482 e. The van der Waals surface area contributed by atoms with Gasteiger partial charge in [0.15, 0.2) is 6.61 Å². The maximum Gasteiger partial charge on any atom is 0.253 e. The van der Waals surface area contributed by atoms with Crippen molar-refractivity contribution in [1.82, 2.24) is 20.5 Å². The van der Waals surface area contributed by atoms with E-state index in [1.807, 2.05) is 19.1 Å². The molecular formula is C15H22N4O2. The zero-order chi connectivity index (χ0) is 15.1. The van der Waals surface area contributed by atoms with Crippen molar-refractivity contribution in [2.24, 2.45) is 5.92 Å². The fourth-order valence-electron chi connectivity index (χ4n) is 1.72. The number of aromatic nitrogens is 3. The molecule has 0 unspecified atom stereocenters. The highest BCUT2D eigenvalue weighted by molar-refractivity contribution is 5.19. The van der Waals surface area contributed by atoms with E-state index >= 15 is 0 Å². The van der Waals surface area contributed by atoms with Crippen molar-refractivity contribution >= 4 is 0 Å². The predicted octanol–water partition coefficient (Wildman–Crippen LogP) is 2.35. The van der Waals surface area contributed by atoms with Gasteiger partial charge < -0.3 is 14.5 Å². The Hall–Kier alpha value is -1.95. The van der Waals surface area contributed by atoms with Crippen LogP contribution in [0.15, 0.2) is 22.7 Å². The van der Waals surface area contributed by atoms with Crippen LogP contribution >= 0.6 is 0 Å². The van der Waals surface area contributed by atoms with Crippen LogP contribution in [0.2, 0.25) is 0 Å². The van der Waals surface area contributed by atoms with E-state index in [1.54, 1.807) is 6.20 Å². The molecule has 0 spiro atoms. The molecule has 2 rings (SSSR count). The van der Waals surface area contributed by atoms with Crippen LogP contribution in [0.5, 0.6) is 5.75 Å². The number of aryl methyl sites for hydroxylation is 1. The minimum atomic E-state index is 0.264.